The summed E-state index contributed by atoms with van der Waals surface area (Å²) in [5.74, 6) is -0.399. The standard InChI is InChI=1S/C16H17BrN2O/c1-10-7-14(8-11(2)15(10)17)19-9-12-3-5-13(6-4-12)16(18)20/h3-8,19H,9H2,1-2H3,(H2,18,20). The van der Waals surface area contributed by atoms with E-state index in [0.717, 1.165) is 15.7 Å². The van der Waals surface area contributed by atoms with Gasteiger partial charge in [0.1, 0.15) is 0 Å². The summed E-state index contributed by atoms with van der Waals surface area (Å²) in [7, 11) is 0. The fourth-order valence-electron chi connectivity index (χ4n) is 2.04. The van der Waals surface area contributed by atoms with Crippen LogP contribution in [0, 0.1) is 13.8 Å². The fourth-order valence-corrected chi connectivity index (χ4v) is 2.27. The molecule has 2 aromatic carbocycles. The molecule has 0 heterocycles. The molecule has 0 unspecified atom stereocenters. The number of amides is 1. The molecule has 0 saturated carbocycles. The Labute approximate surface area is 127 Å². The van der Waals surface area contributed by atoms with E-state index in [1.54, 1.807) is 12.1 Å². The molecule has 0 radical (unpaired) electrons. The molecule has 0 spiro atoms. The van der Waals surface area contributed by atoms with Gasteiger partial charge in [-0.1, -0.05) is 28.1 Å². The van der Waals surface area contributed by atoms with Gasteiger partial charge in [-0.15, -0.1) is 0 Å². The van der Waals surface area contributed by atoms with Gasteiger partial charge < -0.3 is 11.1 Å². The fraction of sp³-hybridized carbons (Fsp3) is 0.188. The zero-order valence-corrected chi connectivity index (χ0v) is 13.1. The first-order valence-electron chi connectivity index (χ1n) is 6.36. The Bertz CT molecular complexity index is 612. The minimum atomic E-state index is -0.399. The highest BCUT2D eigenvalue weighted by Crippen LogP contribution is 2.25. The molecule has 2 aromatic rings. The van der Waals surface area contributed by atoms with E-state index in [1.165, 1.54) is 11.1 Å². The number of aryl methyl sites for hydroxylation is 2. The van der Waals surface area contributed by atoms with E-state index in [9.17, 15) is 4.79 Å². The van der Waals surface area contributed by atoms with Crippen LogP contribution in [0.5, 0.6) is 0 Å². The van der Waals surface area contributed by atoms with Crippen LogP contribution in [0.25, 0.3) is 0 Å². The summed E-state index contributed by atoms with van der Waals surface area (Å²) in [6.45, 7) is 4.85. The van der Waals surface area contributed by atoms with E-state index in [4.69, 9.17) is 5.73 Å². The summed E-state index contributed by atoms with van der Waals surface area (Å²) in [5, 5.41) is 3.38. The molecular formula is C16H17BrN2O. The third-order valence-corrected chi connectivity index (χ3v) is 4.42. The first kappa shape index (κ1) is 14.6. The normalized spacial score (nSPS) is 10.3. The monoisotopic (exact) mass is 332 g/mol. The van der Waals surface area contributed by atoms with Crippen molar-refractivity contribution < 1.29 is 4.79 Å². The van der Waals surface area contributed by atoms with Crippen LogP contribution in [-0.2, 0) is 6.54 Å². The van der Waals surface area contributed by atoms with Crippen molar-refractivity contribution in [3.63, 3.8) is 0 Å². The topological polar surface area (TPSA) is 55.1 Å². The predicted octanol–water partition coefficient (Wildman–Crippen LogP) is 3.78. The Morgan fingerprint density at radius 1 is 1.15 bits per heavy atom. The second kappa shape index (κ2) is 6.09. The Hall–Kier alpha value is -1.81. The molecule has 0 aliphatic heterocycles. The minimum absolute atomic E-state index is 0.399. The molecule has 2 rings (SSSR count). The molecule has 0 aliphatic carbocycles. The molecule has 0 atom stereocenters. The van der Waals surface area contributed by atoms with Gasteiger partial charge in [-0.3, -0.25) is 4.79 Å². The van der Waals surface area contributed by atoms with Crippen molar-refractivity contribution in [2.75, 3.05) is 5.32 Å². The van der Waals surface area contributed by atoms with E-state index in [0.29, 0.717) is 12.1 Å². The van der Waals surface area contributed by atoms with Crippen LogP contribution in [0.15, 0.2) is 40.9 Å². The van der Waals surface area contributed by atoms with Gasteiger partial charge >= 0.3 is 0 Å². The third-order valence-electron chi connectivity index (χ3n) is 3.17. The van der Waals surface area contributed by atoms with Crippen LogP contribution in [0.2, 0.25) is 0 Å². The van der Waals surface area contributed by atoms with Gasteiger partial charge in [-0.05, 0) is 54.8 Å². The molecule has 0 saturated heterocycles. The second-order valence-corrected chi connectivity index (χ2v) is 5.63. The number of nitrogens with two attached hydrogens (primary N) is 1. The van der Waals surface area contributed by atoms with Gasteiger partial charge in [-0.2, -0.15) is 0 Å². The summed E-state index contributed by atoms with van der Waals surface area (Å²) < 4.78 is 1.15. The Kier molecular flexibility index (Phi) is 4.45. The first-order chi connectivity index (χ1) is 9.47. The first-order valence-corrected chi connectivity index (χ1v) is 7.16. The van der Waals surface area contributed by atoms with Gasteiger partial charge in [0, 0.05) is 22.3 Å². The minimum Gasteiger partial charge on any atom is -0.381 e. The third kappa shape index (κ3) is 3.39. The highest BCUT2D eigenvalue weighted by atomic mass is 79.9. The summed E-state index contributed by atoms with van der Waals surface area (Å²) in [5.41, 5.74) is 10.3. The highest BCUT2D eigenvalue weighted by Gasteiger charge is 2.03. The van der Waals surface area contributed by atoms with Gasteiger partial charge in [0.25, 0.3) is 0 Å². The lowest BCUT2D eigenvalue weighted by Crippen LogP contribution is -2.10. The summed E-state index contributed by atoms with van der Waals surface area (Å²) in [4.78, 5) is 11.0. The lowest BCUT2D eigenvalue weighted by atomic mass is 10.1. The highest BCUT2D eigenvalue weighted by molar-refractivity contribution is 9.10. The maximum absolute atomic E-state index is 11.0. The number of benzene rings is 2. The van der Waals surface area contributed by atoms with Gasteiger partial charge in [0.15, 0.2) is 0 Å². The van der Waals surface area contributed by atoms with Crippen molar-refractivity contribution in [2.24, 2.45) is 5.73 Å². The number of nitrogens with one attached hydrogen (secondary N) is 1. The molecule has 4 heteroatoms. The van der Waals surface area contributed by atoms with Crippen molar-refractivity contribution in [3.05, 3.63) is 63.1 Å². The van der Waals surface area contributed by atoms with Crippen molar-refractivity contribution in [1.29, 1.82) is 0 Å². The van der Waals surface area contributed by atoms with E-state index in [2.05, 4.69) is 47.2 Å². The number of halogens is 1. The summed E-state index contributed by atoms with van der Waals surface area (Å²) >= 11 is 3.56. The molecule has 0 bridgehead atoms. The van der Waals surface area contributed by atoms with Gasteiger partial charge in [0.05, 0.1) is 0 Å². The van der Waals surface area contributed by atoms with Crippen molar-refractivity contribution in [2.45, 2.75) is 20.4 Å². The Morgan fingerprint density at radius 2 is 1.70 bits per heavy atom. The number of primary amides is 1. The number of rotatable bonds is 4. The van der Waals surface area contributed by atoms with E-state index >= 15 is 0 Å². The molecule has 3 N–H and O–H groups in total. The quantitative estimate of drug-likeness (QED) is 0.895. The zero-order chi connectivity index (χ0) is 14.7. The molecule has 104 valence electrons. The van der Waals surface area contributed by atoms with Crippen molar-refractivity contribution in [3.8, 4) is 0 Å². The number of hydrogen-bond acceptors (Lipinski definition) is 2. The number of hydrogen-bond donors (Lipinski definition) is 2. The SMILES string of the molecule is Cc1cc(NCc2ccc(C(N)=O)cc2)cc(C)c1Br. The molecule has 0 aliphatic rings. The summed E-state index contributed by atoms with van der Waals surface area (Å²) in [6.07, 6.45) is 0. The Balaban J connectivity index is 2.07. The predicted molar refractivity (Wildman–Crippen MR) is 85.9 cm³/mol. The van der Waals surface area contributed by atoms with Crippen molar-refractivity contribution >= 4 is 27.5 Å². The van der Waals surface area contributed by atoms with Gasteiger partial charge in [0.2, 0.25) is 5.91 Å². The molecule has 3 nitrogen and oxygen atoms in total. The van der Waals surface area contributed by atoms with E-state index in [-0.39, 0.29) is 0 Å². The average Bonchev–Trinajstić information content (AvgIpc) is 2.42. The summed E-state index contributed by atoms with van der Waals surface area (Å²) in [6, 6.07) is 11.5. The number of anilines is 1. The average molecular weight is 333 g/mol. The van der Waals surface area contributed by atoms with E-state index in [1.807, 2.05) is 12.1 Å². The number of carbonyl (C=O) groups is 1. The van der Waals surface area contributed by atoms with Crippen molar-refractivity contribution in [1.82, 2.24) is 0 Å². The molecule has 1 amide bonds. The maximum atomic E-state index is 11.0. The molecule has 0 aromatic heterocycles. The second-order valence-electron chi connectivity index (χ2n) is 4.84. The Morgan fingerprint density at radius 3 is 2.20 bits per heavy atom. The number of carbonyl (C=O) groups excluding carboxylic acids is 1. The lowest BCUT2D eigenvalue weighted by Gasteiger charge is -2.11. The van der Waals surface area contributed by atoms with Crippen LogP contribution in [0.4, 0.5) is 5.69 Å². The van der Waals surface area contributed by atoms with E-state index < -0.39 is 5.91 Å². The van der Waals surface area contributed by atoms with Crippen LogP contribution >= 0.6 is 15.9 Å². The smallest absolute Gasteiger partial charge is 0.248 e. The van der Waals surface area contributed by atoms with Crippen LogP contribution in [0.3, 0.4) is 0 Å². The largest absolute Gasteiger partial charge is 0.381 e. The molecule has 20 heavy (non-hydrogen) atoms. The lowest BCUT2D eigenvalue weighted by molar-refractivity contribution is 0.100. The molecular weight excluding hydrogens is 316 g/mol. The van der Waals surface area contributed by atoms with Crippen LogP contribution < -0.4 is 11.1 Å². The van der Waals surface area contributed by atoms with Crippen LogP contribution in [-0.4, -0.2) is 5.91 Å². The zero-order valence-electron chi connectivity index (χ0n) is 11.5. The van der Waals surface area contributed by atoms with Crippen LogP contribution in [0.1, 0.15) is 27.0 Å². The van der Waals surface area contributed by atoms with Gasteiger partial charge in [-0.25, -0.2) is 0 Å². The maximum Gasteiger partial charge on any atom is 0.248 e. The molecule has 0 fully saturated rings.